The van der Waals surface area contributed by atoms with E-state index < -0.39 is 0 Å². The van der Waals surface area contributed by atoms with Crippen LogP contribution in [0.1, 0.15) is 36.5 Å². The fourth-order valence-corrected chi connectivity index (χ4v) is 2.00. The van der Waals surface area contributed by atoms with Crippen molar-refractivity contribution in [3.63, 3.8) is 0 Å². The topological polar surface area (TPSA) is 39.1 Å². The number of nitriles is 1. The predicted molar refractivity (Wildman–Crippen MR) is 77.0 cm³/mol. The molecular weight excluding hydrogens is 222 g/mol. The van der Waals surface area contributed by atoms with Crippen molar-refractivity contribution >= 4 is 5.69 Å². The molecule has 0 aliphatic heterocycles. The summed E-state index contributed by atoms with van der Waals surface area (Å²) >= 11 is 0. The number of rotatable bonds is 5. The van der Waals surface area contributed by atoms with Crippen molar-refractivity contribution in [1.82, 2.24) is 4.90 Å². The number of anilines is 1. The van der Waals surface area contributed by atoms with Crippen LogP contribution in [0.15, 0.2) is 12.1 Å². The van der Waals surface area contributed by atoms with Gasteiger partial charge in [0.05, 0.1) is 11.3 Å². The number of hydrogen-bond donors (Lipinski definition) is 1. The summed E-state index contributed by atoms with van der Waals surface area (Å²) < 4.78 is 0. The molecule has 98 valence electrons. The molecular formula is C15H23N3. The van der Waals surface area contributed by atoms with Crippen molar-refractivity contribution in [3.05, 3.63) is 28.8 Å². The van der Waals surface area contributed by atoms with Crippen LogP contribution in [0.5, 0.6) is 0 Å². The van der Waals surface area contributed by atoms with Gasteiger partial charge in [-0.25, -0.2) is 0 Å². The molecule has 18 heavy (non-hydrogen) atoms. The minimum Gasteiger partial charge on any atom is -0.383 e. The smallest absolute Gasteiger partial charge is 0.101 e. The Morgan fingerprint density at radius 3 is 2.50 bits per heavy atom. The third kappa shape index (κ3) is 3.75. The monoisotopic (exact) mass is 245 g/mol. The first-order valence-electron chi connectivity index (χ1n) is 6.39. The van der Waals surface area contributed by atoms with Gasteiger partial charge in [0, 0.05) is 13.1 Å². The van der Waals surface area contributed by atoms with E-state index in [1.165, 1.54) is 11.1 Å². The lowest BCUT2D eigenvalue weighted by Gasteiger charge is -2.16. The van der Waals surface area contributed by atoms with Crippen LogP contribution in [0, 0.1) is 18.3 Å². The van der Waals surface area contributed by atoms with Gasteiger partial charge in [-0.2, -0.15) is 5.26 Å². The first kappa shape index (κ1) is 14.5. The molecule has 1 rings (SSSR count). The van der Waals surface area contributed by atoms with Crippen molar-refractivity contribution in [1.29, 1.82) is 5.26 Å². The summed E-state index contributed by atoms with van der Waals surface area (Å²) in [6.07, 6.45) is 0. The first-order chi connectivity index (χ1) is 8.45. The Morgan fingerprint density at radius 1 is 1.33 bits per heavy atom. The normalized spacial score (nSPS) is 10.8. The molecule has 0 saturated carbocycles. The molecule has 1 N–H and O–H groups in total. The summed E-state index contributed by atoms with van der Waals surface area (Å²) in [5.74, 6) is 0.452. The molecule has 0 bridgehead atoms. The summed E-state index contributed by atoms with van der Waals surface area (Å²) in [5, 5.41) is 12.6. The SMILES string of the molecule is Cc1cc(NCCN(C)C)c(C#N)cc1C(C)C. The molecule has 0 amide bonds. The zero-order valence-corrected chi connectivity index (χ0v) is 12.0. The molecule has 3 heteroatoms. The predicted octanol–water partition coefficient (Wildman–Crippen LogP) is 2.96. The van der Waals surface area contributed by atoms with E-state index in [2.05, 4.69) is 43.1 Å². The Hall–Kier alpha value is -1.53. The Kier molecular flexibility index (Phi) is 5.18. The molecule has 0 radical (unpaired) electrons. The number of nitrogens with one attached hydrogen (secondary N) is 1. The largest absolute Gasteiger partial charge is 0.383 e. The van der Waals surface area contributed by atoms with Gasteiger partial charge in [-0.15, -0.1) is 0 Å². The van der Waals surface area contributed by atoms with E-state index in [0.29, 0.717) is 5.92 Å². The molecule has 0 aliphatic rings. The molecule has 3 nitrogen and oxygen atoms in total. The van der Waals surface area contributed by atoms with Crippen molar-refractivity contribution in [3.8, 4) is 6.07 Å². The van der Waals surface area contributed by atoms with Gasteiger partial charge in [0.15, 0.2) is 0 Å². The number of aryl methyl sites for hydroxylation is 1. The molecule has 1 aromatic rings. The van der Waals surface area contributed by atoms with E-state index in [4.69, 9.17) is 0 Å². The summed E-state index contributed by atoms with van der Waals surface area (Å²) in [7, 11) is 4.08. The van der Waals surface area contributed by atoms with E-state index in [-0.39, 0.29) is 0 Å². The second kappa shape index (κ2) is 6.42. The zero-order chi connectivity index (χ0) is 13.7. The Balaban J connectivity index is 2.92. The lowest BCUT2D eigenvalue weighted by atomic mass is 9.95. The fourth-order valence-electron chi connectivity index (χ4n) is 2.00. The molecule has 0 aliphatic carbocycles. The molecule has 1 aromatic carbocycles. The molecule has 0 fully saturated rings. The van der Waals surface area contributed by atoms with Crippen LogP contribution in [0.4, 0.5) is 5.69 Å². The Morgan fingerprint density at radius 2 is 2.00 bits per heavy atom. The summed E-state index contributed by atoms with van der Waals surface area (Å²) in [6, 6.07) is 6.38. The first-order valence-corrected chi connectivity index (χ1v) is 6.39. The van der Waals surface area contributed by atoms with Gasteiger partial charge in [-0.05, 0) is 50.2 Å². The van der Waals surface area contributed by atoms with E-state index >= 15 is 0 Å². The average molecular weight is 245 g/mol. The molecule has 0 heterocycles. The second-order valence-corrected chi connectivity index (χ2v) is 5.25. The quantitative estimate of drug-likeness (QED) is 0.867. The van der Waals surface area contributed by atoms with E-state index in [1.54, 1.807) is 0 Å². The third-order valence-electron chi connectivity index (χ3n) is 3.02. The maximum absolute atomic E-state index is 9.22. The van der Waals surface area contributed by atoms with Gasteiger partial charge in [-0.3, -0.25) is 0 Å². The van der Waals surface area contributed by atoms with Crippen LogP contribution < -0.4 is 5.32 Å². The highest BCUT2D eigenvalue weighted by Crippen LogP contribution is 2.25. The Labute approximate surface area is 110 Å². The molecule has 0 unspecified atom stereocenters. The van der Waals surface area contributed by atoms with E-state index in [9.17, 15) is 5.26 Å². The number of hydrogen-bond acceptors (Lipinski definition) is 3. The number of benzene rings is 1. The Bertz CT molecular complexity index is 442. The van der Waals surface area contributed by atoms with Gasteiger partial charge < -0.3 is 10.2 Å². The minimum atomic E-state index is 0.452. The molecule has 0 spiro atoms. The van der Waals surface area contributed by atoms with Crippen LogP contribution in [0.25, 0.3) is 0 Å². The zero-order valence-electron chi connectivity index (χ0n) is 12.0. The summed E-state index contributed by atoms with van der Waals surface area (Å²) in [4.78, 5) is 2.12. The lowest BCUT2D eigenvalue weighted by molar-refractivity contribution is 0.425. The van der Waals surface area contributed by atoms with Gasteiger partial charge >= 0.3 is 0 Å². The van der Waals surface area contributed by atoms with Crippen LogP contribution >= 0.6 is 0 Å². The standard InChI is InChI=1S/C15H23N3/c1-11(2)14-9-13(10-16)15(8-12(14)3)17-6-7-18(4)5/h8-9,11,17H,6-7H2,1-5H3. The van der Waals surface area contributed by atoms with Crippen LogP contribution in [0.3, 0.4) is 0 Å². The van der Waals surface area contributed by atoms with E-state index in [0.717, 1.165) is 24.3 Å². The lowest BCUT2D eigenvalue weighted by Crippen LogP contribution is -2.21. The number of likely N-dealkylation sites (N-methyl/N-ethyl adjacent to an activating group) is 1. The van der Waals surface area contributed by atoms with Crippen molar-refractivity contribution in [2.24, 2.45) is 0 Å². The van der Waals surface area contributed by atoms with Gasteiger partial charge in [0.2, 0.25) is 0 Å². The van der Waals surface area contributed by atoms with Gasteiger partial charge in [-0.1, -0.05) is 13.8 Å². The molecule has 0 aromatic heterocycles. The van der Waals surface area contributed by atoms with Crippen LogP contribution in [-0.4, -0.2) is 32.1 Å². The molecule has 0 saturated heterocycles. The van der Waals surface area contributed by atoms with Crippen LogP contribution in [-0.2, 0) is 0 Å². The van der Waals surface area contributed by atoms with Crippen LogP contribution in [0.2, 0.25) is 0 Å². The van der Waals surface area contributed by atoms with Crippen molar-refractivity contribution in [2.45, 2.75) is 26.7 Å². The van der Waals surface area contributed by atoms with Gasteiger partial charge in [0.25, 0.3) is 0 Å². The van der Waals surface area contributed by atoms with E-state index in [1.807, 2.05) is 20.2 Å². The summed E-state index contributed by atoms with van der Waals surface area (Å²) in [6.45, 7) is 8.22. The highest BCUT2D eigenvalue weighted by Gasteiger charge is 2.09. The average Bonchev–Trinajstić information content (AvgIpc) is 2.28. The van der Waals surface area contributed by atoms with Gasteiger partial charge in [0.1, 0.15) is 6.07 Å². The minimum absolute atomic E-state index is 0.452. The molecule has 0 atom stereocenters. The fraction of sp³-hybridized carbons (Fsp3) is 0.533. The number of nitrogens with zero attached hydrogens (tertiary/aromatic N) is 2. The van der Waals surface area contributed by atoms with Crippen molar-refractivity contribution in [2.75, 3.05) is 32.5 Å². The maximum atomic E-state index is 9.22. The highest BCUT2D eigenvalue weighted by molar-refractivity contribution is 5.61. The highest BCUT2D eigenvalue weighted by atomic mass is 15.1. The third-order valence-corrected chi connectivity index (χ3v) is 3.02. The maximum Gasteiger partial charge on any atom is 0.101 e. The second-order valence-electron chi connectivity index (χ2n) is 5.25. The summed E-state index contributed by atoms with van der Waals surface area (Å²) in [5.41, 5.74) is 4.19. The van der Waals surface area contributed by atoms with Crippen molar-refractivity contribution < 1.29 is 0 Å².